The van der Waals surface area contributed by atoms with Crippen molar-refractivity contribution in [1.82, 2.24) is 0 Å². The Morgan fingerprint density at radius 3 is 2.80 bits per heavy atom. The molecule has 2 rings (SSSR count). The summed E-state index contributed by atoms with van der Waals surface area (Å²) in [6.07, 6.45) is 0.685. The van der Waals surface area contributed by atoms with E-state index in [9.17, 15) is 9.59 Å². The van der Waals surface area contributed by atoms with Crippen molar-refractivity contribution in [3.63, 3.8) is 0 Å². The lowest BCUT2D eigenvalue weighted by Crippen LogP contribution is -2.30. The summed E-state index contributed by atoms with van der Waals surface area (Å²) >= 11 is 0. The lowest BCUT2D eigenvalue weighted by atomic mass is 10.1. The van der Waals surface area contributed by atoms with E-state index in [-0.39, 0.29) is 23.3 Å². The molecule has 1 aromatic carbocycles. The number of ether oxygens (including phenoxy) is 1. The summed E-state index contributed by atoms with van der Waals surface area (Å²) in [6.45, 7) is 2.18. The van der Waals surface area contributed by atoms with Crippen LogP contribution in [0.4, 0.5) is 5.69 Å². The van der Waals surface area contributed by atoms with E-state index in [1.807, 2.05) is 0 Å². The van der Waals surface area contributed by atoms with Crippen LogP contribution in [0.2, 0.25) is 0 Å². The molecule has 2 unspecified atom stereocenters. The van der Waals surface area contributed by atoms with Gasteiger partial charge in [0.1, 0.15) is 6.10 Å². The van der Waals surface area contributed by atoms with E-state index < -0.39 is 12.1 Å². The van der Waals surface area contributed by atoms with Gasteiger partial charge in [0.15, 0.2) is 0 Å². The highest BCUT2D eigenvalue weighted by atomic mass is 16.5. The van der Waals surface area contributed by atoms with E-state index in [2.05, 4.69) is 5.32 Å². The summed E-state index contributed by atoms with van der Waals surface area (Å²) in [5.41, 5.74) is 6.68. The Morgan fingerprint density at radius 1 is 1.45 bits per heavy atom. The van der Waals surface area contributed by atoms with Gasteiger partial charge >= 0.3 is 5.97 Å². The second kappa shape index (κ2) is 6.02. The average molecular weight is 278 g/mol. The van der Waals surface area contributed by atoms with Crippen LogP contribution in [-0.2, 0) is 9.53 Å². The SMILES string of the molecule is Cc1ccc(NC(=O)C2CCC(CN)O2)c(C(=O)O)c1. The zero-order chi connectivity index (χ0) is 14.7. The van der Waals surface area contributed by atoms with E-state index in [1.165, 1.54) is 6.07 Å². The third-order valence-electron chi connectivity index (χ3n) is 3.33. The van der Waals surface area contributed by atoms with Crippen molar-refractivity contribution in [3.8, 4) is 0 Å². The van der Waals surface area contributed by atoms with Crippen molar-refractivity contribution in [2.75, 3.05) is 11.9 Å². The van der Waals surface area contributed by atoms with Crippen molar-refractivity contribution in [2.45, 2.75) is 32.0 Å². The van der Waals surface area contributed by atoms with Gasteiger partial charge in [-0.3, -0.25) is 4.79 Å². The molecule has 1 aliphatic rings. The fourth-order valence-corrected chi connectivity index (χ4v) is 2.23. The van der Waals surface area contributed by atoms with Crippen LogP contribution in [-0.4, -0.2) is 35.7 Å². The number of carboxylic acids is 1. The van der Waals surface area contributed by atoms with Gasteiger partial charge in [0.2, 0.25) is 0 Å². The number of amides is 1. The molecule has 0 bridgehead atoms. The molecule has 2 atom stereocenters. The number of hydrogen-bond donors (Lipinski definition) is 3. The van der Waals surface area contributed by atoms with Gasteiger partial charge in [0.25, 0.3) is 5.91 Å². The summed E-state index contributed by atoms with van der Waals surface area (Å²) in [6, 6.07) is 4.86. The summed E-state index contributed by atoms with van der Waals surface area (Å²) in [7, 11) is 0. The van der Waals surface area contributed by atoms with Gasteiger partial charge < -0.3 is 20.9 Å². The molecule has 1 amide bonds. The van der Waals surface area contributed by atoms with E-state index in [4.69, 9.17) is 15.6 Å². The maximum atomic E-state index is 12.1. The molecule has 0 spiro atoms. The average Bonchev–Trinajstić information content (AvgIpc) is 2.89. The molecule has 6 nitrogen and oxygen atoms in total. The van der Waals surface area contributed by atoms with Crippen molar-refractivity contribution >= 4 is 17.6 Å². The molecule has 108 valence electrons. The smallest absolute Gasteiger partial charge is 0.337 e. The lowest BCUT2D eigenvalue weighted by molar-refractivity contribution is -0.126. The van der Waals surface area contributed by atoms with Crippen LogP contribution in [0.15, 0.2) is 18.2 Å². The first kappa shape index (κ1) is 14.5. The number of carbonyl (C=O) groups excluding carboxylic acids is 1. The highest BCUT2D eigenvalue weighted by Crippen LogP contribution is 2.22. The van der Waals surface area contributed by atoms with E-state index in [1.54, 1.807) is 19.1 Å². The summed E-state index contributed by atoms with van der Waals surface area (Å²) in [4.78, 5) is 23.2. The fourth-order valence-electron chi connectivity index (χ4n) is 2.23. The third-order valence-corrected chi connectivity index (χ3v) is 3.33. The molecule has 0 aliphatic carbocycles. The standard InChI is InChI=1S/C14H18N2O4/c1-8-2-4-11(10(6-8)14(18)19)16-13(17)12-5-3-9(7-15)20-12/h2,4,6,9,12H,3,5,7,15H2,1H3,(H,16,17)(H,18,19). The number of anilines is 1. The molecule has 1 heterocycles. The van der Waals surface area contributed by atoms with Crippen LogP contribution >= 0.6 is 0 Å². The molecule has 1 aromatic rings. The zero-order valence-electron chi connectivity index (χ0n) is 11.3. The predicted octanol–water partition coefficient (Wildman–Crippen LogP) is 1.14. The molecule has 0 saturated carbocycles. The molecule has 0 aromatic heterocycles. The highest BCUT2D eigenvalue weighted by molar-refractivity contribution is 6.02. The van der Waals surface area contributed by atoms with Crippen molar-refractivity contribution < 1.29 is 19.4 Å². The molecule has 20 heavy (non-hydrogen) atoms. The number of nitrogens with two attached hydrogens (primary N) is 1. The molecule has 0 radical (unpaired) electrons. The van der Waals surface area contributed by atoms with Gasteiger partial charge in [-0.2, -0.15) is 0 Å². The lowest BCUT2D eigenvalue weighted by Gasteiger charge is -2.14. The fraction of sp³-hybridized carbons (Fsp3) is 0.429. The number of rotatable bonds is 4. The molecule has 6 heteroatoms. The first-order valence-electron chi connectivity index (χ1n) is 6.51. The number of carboxylic acid groups (broad SMARTS) is 1. The third kappa shape index (κ3) is 3.15. The predicted molar refractivity (Wildman–Crippen MR) is 73.7 cm³/mol. The van der Waals surface area contributed by atoms with Crippen LogP contribution < -0.4 is 11.1 Å². The summed E-state index contributed by atoms with van der Waals surface area (Å²) in [5, 5.41) is 11.8. The van der Waals surface area contributed by atoms with Crippen LogP contribution in [0.3, 0.4) is 0 Å². The monoisotopic (exact) mass is 278 g/mol. The Kier molecular flexibility index (Phi) is 4.36. The first-order chi connectivity index (χ1) is 9.51. The molecule has 4 N–H and O–H groups in total. The number of aryl methyl sites for hydroxylation is 1. The maximum absolute atomic E-state index is 12.1. The van der Waals surface area contributed by atoms with Crippen LogP contribution in [0.1, 0.15) is 28.8 Å². The molecule has 1 fully saturated rings. The Hall–Kier alpha value is -1.92. The van der Waals surface area contributed by atoms with Crippen molar-refractivity contribution in [1.29, 1.82) is 0 Å². The molecular formula is C14H18N2O4. The van der Waals surface area contributed by atoms with Gasteiger partial charge in [0, 0.05) is 6.54 Å². The van der Waals surface area contributed by atoms with Crippen LogP contribution in [0.5, 0.6) is 0 Å². The van der Waals surface area contributed by atoms with Crippen LogP contribution in [0.25, 0.3) is 0 Å². The van der Waals surface area contributed by atoms with Crippen molar-refractivity contribution in [2.24, 2.45) is 5.73 Å². The quantitative estimate of drug-likeness (QED) is 0.766. The highest BCUT2D eigenvalue weighted by Gasteiger charge is 2.30. The number of benzene rings is 1. The van der Waals surface area contributed by atoms with Gasteiger partial charge in [-0.1, -0.05) is 11.6 Å². The topological polar surface area (TPSA) is 102 Å². The largest absolute Gasteiger partial charge is 0.478 e. The number of nitrogens with one attached hydrogen (secondary N) is 1. The minimum atomic E-state index is -1.07. The molecule has 1 aliphatic heterocycles. The number of carbonyl (C=O) groups is 2. The van der Waals surface area contributed by atoms with E-state index >= 15 is 0 Å². The van der Waals surface area contributed by atoms with Gasteiger partial charge in [0.05, 0.1) is 17.4 Å². The normalized spacial score (nSPS) is 21.7. The van der Waals surface area contributed by atoms with Crippen molar-refractivity contribution in [3.05, 3.63) is 29.3 Å². The van der Waals surface area contributed by atoms with Gasteiger partial charge in [-0.05, 0) is 31.9 Å². The Balaban J connectivity index is 2.10. The Morgan fingerprint density at radius 2 is 2.20 bits per heavy atom. The second-order valence-corrected chi connectivity index (χ2v) is 4.90. The number of hydrogen-bond acceptors (Lipinski definition) is 4. The summed E-state index contributed by atoms with van der Waals surface area (Å²) in [5.74, 6) is -1.40. The second-order valence-electron chi connectivity index (χ2n) is 4.90. The Bertz CT molecular complexity index is 530. The zero-order valence-corrected chi connectivity index (χ0v) is 11.3. The number of aromatic carboxylic acids is 1. The van der Waals surface area contributed by atoms with Gasteiger partial charge in [-0.15, -0.1) is 0 Å². The Labute approximate surface area is 116 Å². The minimum absolute atomic E-state index is 0.0757. The van der Waals surface area contributed by atoms with E-state index in [0.29, 0.717) is 13.0 Å². The molecular weight excluding hydrogens is 260 g/mol. The summed E-state index contributed by atoms with van der Waals surface area (Å²) < 4.78 is 5.48. The van der Waals surface area contributed by atoms with Crippen LogP contribution in [0, 0.1) is 6.92 Å². The maximum Gasteiger partial charge on any atom is 0.337 e. The van der Waals surface area contributed by atoms with E-state index in [0.717, 1.165) is 12.0 Å². The van der Waals surface area contributed by atoms with Gasteiger partial charge in [-0.25, -0.2) is 4.79 Å². The first-order valence-corrected chi connectivity index (χ1v) is 6.51. The molecule has 1 saturated heterocycles. The minimum Gasteiger partial charge on any atom is -0.478 e.